The van der Waals surface area contributed by atoms with Gasteiger partial charge in [0.15, 0.2) is 0 Å². The molecule has 0 saturated carbocycles. The summed E-state index contributed by atoms with van der Waals surface area (Å²) in [6.07, 6.45) is 0.243. The fourth-order valence-corrected chi connectivity index (χ4v) is 6.85. The first-order chi connectivity index (χ1) is 21.2. The molecule has 0 unspecified atom stereocenters. The Labute approximate surface area is 283 Å². The van der Waals surface area contributed by atoms with Crippen LogP contribution in [0.2, 0.25) is 0 Å². The number of carbonyl (C=O) groups excluding carboxylic acids is 2. The molecule has 0 aliphatic rings. The highest BCUT2D eigenvalue weighted by Gasteiger charge is 2.35. The molecule has 45 heavy (non-hydrogen) atoms. The summed E-state index contributed by atoms with van der Waals surface area (Å²) in [7, 11) is -4.17. The number of hydrogen-bond acceptors (Lipinski definition) is 4. The molecule has 4 aromatic rings. The molecule has 0 aromatic heterocycles. The lowest BCUT2D eigenvalue weighted by molar-refractivity contribution is -0.140. The van der Waals surface area contributed by atoms with Crippen molar-refractivity contribution in [3.63, 3.8) is 0 Å². The SMILES string of the molecule is Cc1ccc(S(=O)(=O)N(CC(=O)N(Cc2ccc(Br)cc2)[C@H](Cc2ccccc2)C(=O)NC(C)(C)C)c2cccc(Br)c2)cc1. The molecule has 0 fully saturated rings. The van der Waals surface area contributed by atoms with Crippen molar-refractivity contribution in [2.24, 2.45) is 0 Å². The minimum absolute atomic E-state index is 0.0617. The lowest BCUT2D eigenvalue weighted by Gasteiger charge is -2.35. The number of nitrogens with zero attached hydrogens (tertiary/aromatic N) is 2. The second-order valence-corrected chi connectivity index (χ2v) is 15.6. The average Bonchev–Trinajstić information content (AvgIpc) is 2.98. The van der Waals surface area contributed by atoms with Gasteiger partial charge in [-0.3, -0.25) is 13.9 Å². The predicted octanol–water partition coefficient (Wildman–Crippen LogP) is 7.27. The maximum atomic E-state index is 14.5. The van der Waals surface area contributed by atoms with Crippen LogP contribution in [0.4, 0.5) is 5.69 Å². The monoisotopic (exact) mass is 753 g/mol. The van der Waals surface area contributed by atoms with Gasteiger partial charge in [0.2, 0.25) is 11.8 Å². The van der Waals surface area contributed by atoms with Crippen LogP contribution in [0, 0.1) is 6.92 Å². The number of carbonyl (C=O) groups is 2. The van der Waals surface area contributed by atoms with Gasteiger partial charge in [-0.1, -0.05) is 98.1 Å². The van der Waals surface area contributed by atoms with E-state index in [0.717, 1.165) is 25.5 Å². The Morgan fingerprint density at radius 3 is 2.04 bits per heavy atom. The van der Waals surface area contributed by atoms with E-state index in [-0.39, 0.29) is 23.8 Å². The number of benzene rings is 4. The van der Waals surface area contributed by atoms with E-state index in [9.17, 15) is 18.0 Å². The molecular weight excluding hydrogens is 718 g/mol. The zero-order valence-electron chi connectivity index (χ0n) is 25.7. The van der Waals surface area contributed by atoms with Crippen molar-refractivity contribution in [1.29, 1.82) is 0 Å². The molecule has 4 rings (SSSR count). The first kappa shape index (κ1) is 34.4. The Kier molecular flexibility index (Phi) is 11.3. The molecule has 10 heteroatoms. The largest absolute Gasteiger partial charge is 0.350 e. The minimum atomic E-state index is -4.17. The Morgan fingerprint density at radius 2 is 1.44 bits per heavy atom. The van der Waals surface area contributed by atoms with Crippen LogP contribution in [-0.2, 0) is 32.6 Å². The second-order valence-electron chi connectivity index (χ2n) is 11.9. The number of rotatable bonds is 11. The van der Waals surface area contributed by atoms with Gasteiger partial charge in [0.1, 0.15) is 12.6 Å². The zero-order valence-corrected chi connectivity index (χ0v) is 29.7. The molecule has 4 aromatic carbocycles. The third kappa shape index (κ3) is 9.51. The Hall–Kier alpha value is -3.47. The first-order valence-electron chi connectivity index (χ1n) is 14.5. The number of hydrogen-bond donors (Lipinski definition) is 1. The lowest BCUT2D eigenvalue weighted by Crippen LogP contribution is -2.56. The number of halogens is 2. The van der Waals surface area contributed by atoms with Gasteiger partial charge in [0.25, 0.3) is 10.0 Å². The average molecular weight is 756 g/mol. The van der Waals surface area contributed by atoms with Gasteiger partial charge in [-0.2, -0.15) is 0 Å². The third-order valence-corrected chi connectivity index (χ3v) is 9.83. The minimum Gasteiger partial charge on any atom is -0.350 e. The predicted molar refractivity (Wildman–Crippen MR) is 186 cm³/mol. The molecule has 0 spiro atoms. The van der Waals surface area contributed by atoms with Crippen LogP contribution >= 0.6 is 31.9 Å². The summed E-state index contributed by atoms with van der Waals surface area (Å²) in [5.41, 5.74) is 2.34. The molecule has 1 atom stereocenters. The van der Waals surface area contributed by atoms with Crippen LogP contribution in [0.3, 0.4) is 0 Å². The molecule has 2 amide bonds. The highest BCUT2D eigenvalue weighted by atomic mass is 79.9. The molecule has 1 N–H and O–H groups in total. The molecule has 236 valence electrons. The zero-order chi connectivity index (χ0) is 32.8. The fraction of sp³-hybridized carbons (Fsp3) is 0.257. The van der Waals surface area contributed by atoms with E-state index in [1.54, 1.807) is 36.4 Å². The number of aryl methyl sites for hydroxylation is 1. The van der Waals surface area contributed by atoms with E-state index in [0.29, 0.717) is 10.2 Å². The lowest BCUT2D eigenvalue weighted by atomic mass is 10.0. The van der Waals surface area contributed by atoms with Crippen LogP contribution in [0.25, 0.3) is 0 Å². The van der Waals surface area contributed by atoms with Gasteiger partial charge in [-0.25, -0.2) is 8.42 Å². The second kappa shape index (κ2) is 14.7. The summed E-state index contributed by atoms with van der Waals surface area (Å²) >= 11 is 6.90. The fourth-order valence-electron chi connectivity index (χ4n) is 4.79. The van der Waals surface area contributed by atoms with Crippen molar-refractivity contribution in [3.8, 4) is 0 Å². The van der Waals surface area contributed by atoms with Crippen LogP contribution < -0.4 is 9.62 Å². The van der Waals surface area contributed by atoms with Crippen molar-refractivity contribution in [2.75, 3.05) is 10.8 Å². The molecular formula is C35H37Br2N3O4S. The Bertz CT molecular complexity index is 1720. The quantitative estimate of drug-likeness (QED) is 0.175. The summed E-state index contributed by atoms with van der Waals surface area (Å²) in [6.45, 7) is 7.11. The van der Waals surface area contributed by atoms with E-state index < -0.39 is 34.1 Å². The maximum Gasteiger partial charge on any atom is 0.264 e. The molecule has 0 aliphatic heterocycles. The highest BCUT2D eigenvalue weighted by molar-refractivity contribution is 9.10. The topological polar surface area (TPSA) is 86.8 Å². The highest BCUT2D eigenvalue weighted by Crippen LogP contribution is 2.28. The smallest absolute Gasteiger partial charge is 0.264 e. The van der Waals surface area contributed by atoms with E-state index in [1.807, 2.05) is 82.3 Å². The molecule has 0 aliphatic carbocycles. The van der Waals surface area contributed by atoms with E-state index >= 15 is 0 Å². The van der Waals surface area contributed by atoms with Crippen LogP contribution in [-0.4, -0.2) is 43.3 Å². The normalized spacial score (nSPS) is 12.3. The van der Waals surface area contributed by atoms with Gasteiger partial charge < -0.3 is 10.2 Å². The Morgan fingerprint density at radius 1 is 0.800 bits per heavy atom. The number of nitrogens with one attached hydrogen (secondary N) is 1. The summed E-state index contributed by atoms with van der Waals surface area (Å²) in [4.78, 5) is 30.0. The first-order valence-corrected chi connectivity index (χ1v) is 17.5. The van der Waals surface area contributed by atoms with Gasteiger partial charge in [0.05, 0.1) is 10.6 Å². The third-order valence-electron chi connectivity index (χ3n) is 7.02. The molecule has 0 radical (unpaired) electrons. The van der Waals surface area contributed by atoms with Crippen LogP contribution in [0.15, 0.2) is 117 Å². The summed E-state index contributed by atoms with van der Waals surface area (Å²) in [5.74, 6) is -0.842. The number of amides is 2. The van der Waals surface area contributed by atoms with Gasteiger partial charge in [-0.15, -0.1) is 0 Å². The van der Waals surface area contributed by atoms with Crippen molar-refractivity contribution >= 4 is 59.4 Å². The van der Waals surface area contributed by atoms with E-state index in [4.69, 9.17) is 0 Å². The van der Waals surface area contributed by atoms with Crippen LogP contribution in [0.5, 0.6) is 0 Å². The summed E-state index contributed by atoms with van der Waals surface area (Å²) < 4.78 is 30.9. The van der Waals surface area contributed by atoms with E-state index in [1.165, 1.54) is 17.0 Å². The van der Waals surface area contributed by atoms with Gasteiger partial charge >= 0.3 is 0 Å². The standard InChI is InChI=1S/C35H37Br2N3O4S/c1-25-13-19-31(20-14-25)45(43,44)40(30-12-8-11-29(37)22-30)24-33(41)39(23-27-15-17-28(36)18-16-27)32(34(42)38-35(2,3)4)21-26-9-6-5-7-10-26/h5-20,22,32H,21,23-24H2,1-4H3,(H,38,42)/t32-/m1/s1. The van der Waals surface area contributed by atoms with Crippen molar-refractivity contribution in [3.05, 3.63) is 129 Å². The van der Waals surface area contributed by atoms with Crippen molar-refractivity contribution in [1.82, 2.24) is 10.2 Å². The molecule has 7 nitrogen and oxygen atoms in total. The number of anilines is 1. The summed E-state index contributed by atoms with van der Waals surface area (Å²) in [6, 6.07) is 29.4. The van der Waals surface area contributed by atoms with Gasteiger partial charge in [0, 0.05) is 27.4 Å². The summed E-state index contributed by atoms with van der Waals surface area (Å²) in [5, 5.41) is 3.05. The molecule has 0 heterocycles. The molecule has 0 bridgehead atoms. The molecule has 0 saturated heterocycles. The number of sulfonamides is 1. The van der Waals surface area contributed by atoms with Crippen molar-refractivity contribution in [2.45, 2.75) is 57.1 Å². The van der Waals surface area contributed by atoms with Gasteiger partial charge in [-0.05, 0) is 81.3 Å². The van der Waals surface area contributed by atoms with Crippen molar-refractivity contribution < 1.29 is 18.0 Å². The Balaban J connectivity index is 1.81. The van der Waals surface area contributed by atoms with Crippen LogP contribution in [0.1, 0.15) is 37.5 Å². The maximum absolute atomic E-state index is 14.5. The van der Waals surface area contributed by atoms with E-state index in [2.05, 4.69) is 37.2 Å².